The summed E-state index contributed by atoms with van der Waals surface area (Å²) in [4.78, 5) is 22.9. The van der Waals surface area contributed by atoms with E-state index in [1.807, 2.05) is 0 Å². The second-order valence-electron chi connectivity index (χ2n) is 8.39. The molecule has 17 nitrogen and oxygen atoms in total. The molecule has 3 fully saturated rings. The van der Waals surface area contributed by atoms with Crippen LogP contribution in [0.2, 0.25) is 0 Å². The zero-order valence-electron chi connectivity index (χ0n) is 18.0. The van der Waals surface area contributed by atoms with Gasteiger partial charge < -0.3 is 74.7 Å². The average molecular weight is 516 g/mol. The third-order valence-corrected chi connectivity index (χ3v) is 5.98. The highest BCUT2D eigenvalue weighted by Gasteiger charge is 2.55. The summed E-state index contributed by atoms with van der Waals surface area (Å²) in [5.41, 5.74) is 0. The lowest BCUT2D eigenvalue weighted by atomic mass is 9.96. The molecule has 3 heterocycles. The van der Waals surface area contributed by atoms with Gasteiger partial charge in [-0.15, -0.1) is 0 Å². The fourth-order valence-electron chi connectivity index (χ4n) is 3.95. The topological polar surface area (TPSA) is 283 Å². The van der Waals surface area contributed by atoms with E-state index in [1.165, 1.54) is 6.92 Å². The van der Waals surface area contributed by atoms with Gasteiger partial charge in [-0.3, -0.25) is 0 Å². The predicted octanol–water partition coefficient (Wildman–Crippen LogP) is -6.36. The molecule has 0 bridgehead atoms. The summed E-state index contributed by atoms with van der Waals surface area (Å²) in [6.45, 7) is 1.34. The predicted molar refractivity (Wildman–Crippen MR) is 101 cm³/mol. The smallest absolute Gasteiger partial charge is 0.335 e. The summed E-state index contributed by atoms with van der Waals surface area (Å²) >= 11 is 0. The summed E-state index contributed by atoms with van der Waals surface area (Å²) in [7, 11) is 0. The molecule has 10 N–H and O–H groups in total. The zero-order valence-corrected chi connectivity index (χ0v) is 18.0. The maximum absolute atomic E-state index is 11.6. The van der Waals surface area contributed by atoms with Crippen LogP contribution < -0.4 is 0 Å². The molecular formula is C18H28O17. The molecule has 3 aliphatic rings. The Bertz CT molecular complexity index is 765. The molecule has 0 aromatic rings. The lowest BCUT2D eigenvalue weighted by molar-refractivity contribution is -0.375. The Hall–Kier alpha value is -1.58. The normalized spacial score (nSPS) is 51.1. The molecule has 0 spiro atoms. The van der Waals surface area contributed by atoms with Gasteiger partial charge in [0.2, 0.25) is 0 Å². The second-order valence-corrected chi connectivity index (χ2v) is 8.39. The van der Waals surface area contributed by atoms with Crippen molar-refractivity contribution in [1.82, 2.24) is 0 Å². The zero-order chi connectivity index (χ0) is 26.4. The minimum absolute atomic E-state index is 1.02. The van der Waals surface area contributed by atoms with E-state index in [-0.39, 0.29) is 0 Å². The second kappa shape index (κ2) is 10.8. The number of aliphatic hydroxyl groups is 8. The minimum atomic E-state index is -2.17. The summed E-state index contributed by atoms with van der Waals surface area (Å²) in [5.74, 6) is -3.52. The number of ether oxygens (including phenoxy) is 5. The van der Waals surface area contributed by atoms with Crippen LogP contribution in [-0.2, 0) is 33.3 Å². The quantitative estimate of drug-likeness (QED) is 0.157. The van der Waals surface area contributed by atoms with Gasteiger partial charge in [-0.1, -0.05) is 0 Å². The first-order chi connectivity index (χ1) is 16.3. The van der Waals surface area contributed by atoms with Crippen molar-refractivity contribution in [2.24, 2.45) is 0 Å². The van der Waals surface area contributed by atoms with Crippen molar-refractivity contribution in [1.29, 1.82) is 0 Å². The minimum Gasteiger partial charge on any atom is -0.479 e. The van der Waals surface area contributed by atoms with Crippen molar-refractivity contribution in [2.75, 3.05) is 0 Å². The third kappa shape index (κ3) is 5.42. The standard InChI is InChI=1S/C18H28O17/c1-2-3(19)5(21)13(16(30)31-2)35-18-9(25)10(8(24)12(34-18)15(28)29)32-17-7(23)4(20)6(22)11(33-17)14(26)27/h2-13,16-25,30H,1H3,(H,26,27)(H,28,29)/t2-,3-,4-,5+,6-,7+,8+,9+,10-,11-,12-,13+,16?,17+,18+/m0/s1. The van der Waals surface area contributed by atoms with E-state index in [1.54, 1.807) is 0 Å². The molecule has 202 valence electrons. The molecule has 0 radical (unpaired) electrons. The molecule has 0 aromatic carbocycles. The average Bonchev–Trinajstić information content (AvgIpc) is 2.78. The fraction of sp³-hybridized carbons (Fsp3) is 0.889. The Morgan fingerprint density at radius 3 is 1.60 bits per heavy atom. The number of rotatable bonds is 6. The van der Waals surface area contributed by atoms with Crippen LogP contribution in [0.25, 0.3) is 0 Å². The maximum atomic E-state index is 11.6. The first kappa shape index (κ1) is 28.0. The molecule has 17 heteroatoms. The van der Waals surface area contributed by atoms with Crippen molar-refractivity contribution in [3.8, 4) is 0 Å². The molecular weight excluding hydrogens is 488 g/mol. The van der Waals surface area contributed by atoms with Gasteiger partial charge in [-0.25, -0.2) is 9.59 Å². The van der Waals surface area contributed by atoms with E-state index in [2.05, 4.69) is 0 Å². The summed E-state index contributed by atoms with van der Waals surface area (Å²) < 4.78 is 25.4. The van der Waals surface area contributed by atoms with E-state index in [0.29, 0.717) is 0 Å². The van der Waals surface area contributed by atoms with Crippen LogP contribution in [0, 0.1) is 0 Å². The SMILES string of the molecule is C[C@@H]1OC(O)[C@H](O[C@H]2O[C@H](C(=O)O)[C@H](O)[C@H](O[C@@H]3O[C@H](C(=O)O)[C@@H](O)[C@H](O)[C@H]3O)[C@H]2O)[C@H](O)[C@H]1O. The van der Waals surface area contributed by atoms with E-state index in [4.69, 9.17) is 28.8 Å². The molecule has 15 atom stereocenters. The highest BCUT2D eigenvalue weighted by molar-refractivity contribution is 5.74. The molecule has 0 aromatic heterocycles. The molecule has 1 unspecified atom stereocenters. The van der Waals surface area contributed by atoms with Gasteiger partial charge in [-0.05, 0) is 6.92 Å². The molecule has 3 aliphatic heterocycles. The number of aliphatic carboxylic acids is 2. The number of carbonyl (C=O) groups is 2. The number of hydrogen-bond donors (Lipinski definition) is 10. The first-order valence-electron chi connectivity index (χ1n) is 10.4. The Balaban J connectivity index is 1.82. The fourth-order valence-corrected chi connectivity index (χ4v) is 3.95. The molecule has 3 saturated heterocycles. The Morgan fingerprint density at radius 2 is 1.06 bits per heavy atom. The maximum Gasteiger partial charge on any atom is 0.335 e. The van der Waals surface area contributed by atoms with Crippen LogP contribution >= 0.6 is 0 Å². The summed E-state index contributed by atoms with van der Waals surface area (Å²) in [6, 6.07) is 0. The molecule has 0 saturated carbocycles. The van der Waals surface area contributed by atoms with Crippen molar-refractivity contribution in [3.05, 3.63) is 0 Å². The van der Waals surface area contributed by atoms with Gasteiger partial charge in [0, 0.05) is 0 Å². The lowest BCUT2D eigenvalue weighted by Gasteiger charge is -2.46. The van der Waals surface area contributed by atoms with Gasteiger partial charge in [0.15, 0.2) is 31.1 Å². The molecule has 35 heavy (non-hydrogen) atoms. The number of carboxylic acids is 2. The monoisotopic (exact) mass is 516 g/mol. The van der Waals surface area contributed by atoms with Gasteiger partial charge in [0.1, 0.15) is 54.9 Å². The Labute approximate surface area is 196 Å². The van der Waals surface area contributed by atoms with E-state index in [9.17, 15) is 55.5 Å². The van der Waals surface area contributed by atoms with Gasteiger partial charge in [0.05, 0.1) is 6.10 Å². The molecule has 0 aliphatic carbocycles. The van der Waals surface area contributed by atoms with Gasteiger partial charge >= 0.3 is 11.9 Å². The van der Waals surface area contributed by atoms with Crippen molar-refractivity contribution in [3.63, 3.8) is 0 Å². The number of carboxylic acid groups (broad SMARTS) is 2. The van der Waals surface area contributed by atoms with Crippen molar-refractivity contribution >= 4 is 11.9 Å². The van der Waals surface area contributed by atoms with Crippen LogP contribution in [-0.4, -0.2) is 155 Å². The highest BCUT2D eigenvalue weighted by atomic mass is 16.8. The van der Waals surface area contributed by atoms with Gasteiger partial charge in [-0.2, -0.15) is 0 Å². The first-order valence-corrected chi connectivity index (χ1v) is 10.4. The van der Waals surface area contributed by atoms with Crippen LogP contribution in [0.4, 0.5) is 0 Å². The number of hydrogen-bond acceptors (Lipinski definition) is 15. The van der Waals surface area contributed by atoms with E-state index >= 15 is 0 Å². The van der Waals surface area contributed by atoms with Crippen LogP contribution in [0.5, 0.6) is 0 Å². The molecule has 3 rings (SSSR count). The third-order valence-electron chi connectivity index (χ3n) is 5.98. The largest absolute Gasteiger partial charge is 0.479 e. The molecule has 0 amide bonds. The lowest BCUT2D eigenvalue weighted by Crippen LogP contribution is -2.67. The van der Waals surface area contributed by atoms with Crippen LogP contribution in [0.1, 0.15) is 6.92 Å². The van der Waals surface area contributed by atoms with Crippen molar-refractivity contribution < 1.29 is 84.3 Å². The van der Waals surface area contributed by atoms with E-state index < -0.39 is 104 Å². The van der Waals surface area contributed by atoms with E-state index in [0.717, 1.165) is 0 Å². The summed E-state index contributed by atoms with van der Waals surface area (Å²) in [5, 5.41) is 99.7. The van der Waals surface area contributed by atoms with Crippen LogP contribution in [0.3, 0.4) is 0 Å². The Morgan fingerprint density at radius 1 is 0.571 bits per heavy atom. The summed E-state index contributed by atoms with van der Waals surface area (Å²) in [6.07, 6.45) is -29.0. The van der Waals surface area contributed by atoms with Gasteiger partial charge in [0.25, 0.3) is 0 Å². The van der Waals surface area contributed by atoms with Crippen LogP contribution in [0.15, 0.2) is 0 Å². The Kier molecular flexibility index (Phi) is 8.65. The number of aliphatic hydroxyl groups excluding tert-OH is 8. The highest BCUT2D eigenvalue weighted by Crippen LogP contribution is 2.32. The van der Waals surface area contributed by atoms with Crippen molar-refractivity contribution in [2.45, 2.75) is 99.0 Å².